The van der Waals surface area contributed by atoms with E-state index in [1.54, 1.807) is 35.3 Å². The second-order valence-corrected chi connectivity index (χ2v) is 5.97. The summed E-state index contributed by atoms with van der Waals surface area (Å²) in [6.45, 7) is 0.550. The Bertz CT molecular complexity index is 882. The van der Waals surface area contributed by atoms with Crippen LogP contribution in [0.15, 0.2) is 54.9 Å². The number of carbonyl (C=O) groups excluding carboxylic acids is 1. The van der Waals surface area contributed by atoms with Crippen molar-refractivity contribution in [2.75, 3.05) is 11.9 Å². The molecule has 3 rings (SSSR count). The zero-order valence-electron chi connectivity index (χ0n) is 13.9. The summed E-state index contributed by atoms with van der Waals surface area (Å²) in [6, 6.07) is 12.3. The molecule has 8 heteroatoms. The molecule has 0 fully saturated rings. The van der Waals surface area contributed by atoms with E-state index in [0.29, 0.717) is 23.1 Å². The number of carbonyl (C=O) groups is 1. The zero-order valence-corrected chi connectivity index (χ0v) is 14.6. The second kappa shape index (κ2) is 8.46. The number of amides is 2. The van der Waals surface area contributed by atoms with Crippen molar-refractivity contribution in [3.05, 3.63) is 65.4 Å². The van der Waals surface area contributed by atoms with Crippen LogP contribution in [0.5, 0.6) is 0 Å². The highest BCUT2D eigenvalue weighted by atomic mass is 35.5. The Hall–Kier alpha value is -2.90. The maximum atomic E-state index is 12.2. The quantitative estimate of drug-likeness (QED) is 0.621. The molecule has 1 aromatic carbocycles. The molecule has 3 aromatic rings. The fourth-order valence-corrected chi connectivity index (χ4v) is 2.61. The van der Waals surface area contributed by atoms with Crippen LogP contribution in [0.1, 0.15) is 5.56 Å². The Morgan fingerprint density at radius 1 is 1.19 bits per heavy atom. The molecule has 0 aliphatic rings. The molecular weight excluding hydrogens is 354 g/mol. The number of aliphatic hydroxyl groups excluding tert-OH is 1. The van der Waals surface area contributed by atoms with Crippen LogP contribution in [-0.4, -0.2) is 32.5 Å². The summed E-state index contributed by atoms with van der Waals surface area (Å²) in [5, 5.41) is 19.8. The third-order valence-electron chi connectivity index (χ3n) is 3.66. The molecule has 0 aliphatic heterocycles. The number of aromatic nitrogens is 3. The van der Waals surface area contributed by atoms with Crippen LogP contribution in [0, 0.1) is 0 Å². The summed E-state index contributed by atoms with van der Waals surface area (Å²) in [5.41, 5.74) is 2.43. The van der Waals surface area contributed by atoms with Gasteiger partial charge in [-0.3, -0.25) is 10.3 Å². The highest BCUT2D eigenvalue weighted by Gasteiger charge is 2.12. The van der Waals surface area contributed by atoms with Gasteiger partial charge in [-0.1, -0.05) is 23.7 Å². The number of urea groups is 1. The average Bonchev–Trinajstić information content (AvgIpc) is 3.04. The van der Waals surface area contributed by atoms with Crippen LogP contribution in [0.2, 0.25) is 5.02 Å². The van der Waals surface area contributed by atoms with Gasteiger partial charge in [-0.15, -0.1) is 0 Å². The molecule has 2 heterocycles. The van der Waals surface area contributed by atoms with Crippen LogP contribution in [0.3, 0.4) is 0 Å². The van der Waals surface area contributed by atoms with Gasteiger partial charge >= 0.3 is 6.03 Å². The number of nitrogens with zero attached hydrogens (tertiary/aromatic N) is 3. The van der Waals surface area contributed by atoms with E-state index in [1.807, 2.05) is 24.3 Å². The largest absolute Gasteiger partial charge is 0.394 e. The summed E-state index contributed by atoms with van der Waals surface area (Å²) in [7, 11) is 0. The molecule has 0 saturated heterocycles. The average molecular weight is 372 g/mol. The normalized spacial score (nSPS) is 10.5. The highest BCUT2D eigenvalue weighted by Crippen LogP contribution is 2.24. The fraction of sp³-hybridized carbons (Fsp3) is 0.167. The van der Waals surface area contributed by atoms with Crippen molar-refractivity contribution >= 4 is 23.4 Å². The molecule has 0 saturated carbocycles. The number of aliphatic hydroxyl groups is 1. The van der Waals surface area contributed by atoms with Crippen molar-refractivity contribution in [3.8, 4) is 11.3 Å². The van der Waals surface area contributed by atoms with Crippen molar-refractivity contribution in [3.63, 3.8) is 0 Å². The lowest BCUT2D eigenvalue weighted by atomic mass is 10.1. The van der Waals surface area contributed by atoms with E-state index < -0.39 is 0 Å². The number of benzene rings is 1. The van der Waals surface area contributed by atoms with Crippen LogP contribution in [0.25, 0.3) is 11.3 Å². The first-order valence-corrected chi connectivity index (χ1v) is 8.42. The Morgan fingerprint density at radius 2 is 2.00 bits per heavy atom. The molecule has 26 heavy (non-hydrogen) atoms. The Morgan fingerprint density at radius 3 is 2.73 bits per heavy atom. The van der Waals surface area contributed by atoms with Gasteiger partial charge in [-0.2, -0.15) is 5.10 Å². The van der Waals surface area contributed by atoms with Crippen molar-refractivity contribution in [1.82, 2.24) is 20.1 Å². The number of pyridine rings is 1. The molecule has 0 radical (unpaired) electrons. The third kappa shape index (κ3) is 4.59. The molecule has 0 aliphatic carbocycles. The van der Waals surface area contributed by atoms with E-state index in [-0.39, 0.29) is 19.2 Å². The minimum atomic E-state index is -0.362. The van der Waals surface area contributed by atoms with E-state index in [2.05, 4.69) is 20.7 Å². The number of hydrogen-bond acceptors (Lipinski definition) is 4. The summed E-state index contributed by atoms with van der Waals surface area (Å²) < 4.78 is 1.54. The topological polar surface area (TPSA) is 92.1 Å². The van der Waals surface area contributed by atoms with Crippen LogP contribution >= 0.6 is 11.6 Å². The highest BCUT2D eigenvalue weighted by molar-refractivity contribution is 6.30. The lowest BCUT2D eigenvalue weighted by Crippen LogP contribution is -2.29. The van der Waals surface area contributed by atoms with E-state index in [4.69, 9.17) is 11.6 Å². The predicted octanol–water partition coefficient (Wildman–Crippen LogP) is 2.91. The van der Waals surface area contributed by atoms with E-state index in [0.717, 1.165) is 11.1 Å². The molecule has 7 nitrogen and oxygen atoms in total. The SMILES string of the molecule is O=C(NCc1ccncc1)Nc1cc(-c2cccc(Cl)c2)nn1CCO. The van der Waals surface area contributed by atoms with E-state index in [1.165, 1.54) is 0 Å². The molecule has 0 bridgehead atoms. The van der Waals surface area contributed by atoms with Gasteiger partial charge < -0.3 is 10.4 Å². The van der Waals surface area contributed by atoms with E-state index >= 15 is 0 Å². The first-order chi connectivity index (χ1) is 12.7. The molecule has 0 spiro atoms. The fourth-order valence-electron chi connectivity index (χ4n) is 2.41. The Kier molecular flexibility index (Phi) is 5.83. The maximum absolute atomic E-state index is 12.2. The predicted molar refractivity (Wildman–Crippen MR) is 99.9 cm³/mol. The number of hydrogen-bond donors (Lipinski definition) is 3. The number of rotatable bonds is 6. The molecule has 0 atom stereocenters. The molecule has 134 valence electrons. The standard InChI is InChI=1S/C18H18ClN5O2/c19-15-3-1-2-14(10-15)16-11-17(24(23-16)8-9-25)22-18(26)21-12-13-4-6-20-7-5-13/h1-7,10-11,25H,8-9,12H2,(H2,21,22,26). The van der Waals surface area contributed by atoms with Crippen LogP contribution in [0.4, 0.5) is 10.6 Å². The molecule has 2 amide bonds. The monoisotopic (exact) mass is 371 g/mol. The van der Waals surface area contributed by atoms with Crippen LogP contribution in [-0.2, 0) is 13.1 Å². The van der Waals surface area contributed by atoms with Gasteiger partial charge in [0.15, 0.2) is 0 Å². The van der Waals surface area contributed by atoms with Crippen LogP contribution < -0.4 is 10.6 Å². The van der Waals surface area contributed by atoms with Crippen molar-refractivity contribution < 1.29 is 9.90 Å². The summed E-state index contributed by atoms with van der Waals surface area (Å²) in [6.07, 6.45) is 3.34. The first kappa shape index (κ1) is 17.9. The van der Waals surface area contributed by atoms with Gasteiger partial charge in [-0.05, 0) is 29.8 Å². The minimum Gasteiger partial charge on any atom is -0.394 e. The lowest BCUT2D eigenvalue weighted by molar-refractivity contribution is 0.250. The van der Waals surface area contributed by atoms with Crippen molar-refractivity contribution in [2.45, 2.75) is 13.1 Å². The van der Waals surface area contributed by atoms with Gasteiger partial charge in [-0.25, -0.2) is 9.48 Å². The zero-order chi connectivity index (χ0) is 18.4. The van der Waals surface area contributed by atoms with Gasteiger partial charge in [0.1, 0.15) is 5.82 Å². The smallest absolute Gasteiger partial charge is 0.320 e. The van der Waals surface area contributed by atoms with Gasteiger partial charge in [0.25, 0.3) is 0 Å². The molecular formula is C18H18ClN5O2. The molecule has 3 N–H and O–H groups in total. The lowest BCUT2D eigenvalue weighted by Gasteiger charge is -2.09. The maximum Gasteiger partial charge on any atom is 0.320 e. The van der Waals surface area contributed by atoms with Gasteiger partial charge in [0.05, 0.1) is 18.8 Å². The summed E-state index contributed by atoms with van der Waals surface area (Å²) in [5.74, 6) is 0.487. The first-order valence-electron chi connectivity index (χ1n) is 8.04. The Balaban J connectivity index is 1.72. The van der Waals surface area contributed by atoms with Crippen molar-refractivity contribution in [1.29, 1.82) is 0 Å². The van der Waals surface area contributed by atoms with Crippen molar-refractivity contribution in [2.24, 2.45) is 0 Å². The molecule has 0 unspecified atom stereocenters. The number of nitrogens with one attached hydrogen (secondary N) is 2. The number of halogens is 1. The minimum absolute atomic E-state index is 0.0933. The van der Waals surface area contributed by atoms with E-state index in [9.17, 15) is 9.90 Å². The Labute approximate surface area is 155 Å². The summed E-state index contributed by atoms with van der Waals surface area (Å²) >= 11 is 6.03. The van der Waals surface area contributed by atoms with Gasteiger partial charge in [0.2, 0.25) is 0 Å². The summed E-state index contributed by atoms with van der Waals surface area (Å²) in [4.78, 5) is 16.1. The third-order valence-corrected chi connectivity index (χ3v) is 3.89. The van der Waals surface area contributed by atoms with Gasteiger partial charge in [0, 0.05) is 35.6 Å². The molecule has 2 aromatic heterocycles. The number of anilines is 1. The second-order valence-electron chi connectivity index (χ2n) is 5.54.